The molecular formula is C24H27F4N5O3S. The molecule has 0 spiro atoms. The summed E-state index contributed by atoms with van der Waals surface area (Å²) in [5.41, 5.74) is 0.107. The minimum absolute atomic E-state index is 0.0654. The molecule has 1 aliphatic rings. The van der Waals surface area contributed by atoms with Gasteiger partial charge in [0.1, 0.15) is 11.6 Å². The van der Waals surface area contributed by atoms with Gasteiger partial charge in [-0.05, 0) is 58.2 Å². The van der Waals surface area contributed by atoms with Gasteiger partial charge in [0.05, 0.1) is 41.3 Å². The number of alkyl halides is 2. The molecule has 0 aliphatic carbocycles. The molecule has 2 aromatic heterocycles. The van der Waals surface area contributed by atoms with Crippen molar-refractivity contribution in [2.75, 3.05) is 25.2 Å². The SMILES string of the molecule is CNCN(C(=O)c1cnn2ccc(N3CC(F)(F)CC3c3cc(F)ccc3F)cc12)S(=O)(=O)C(C)(C)C. The van der Waals surface area contributed by atoms with E-state index in [9.17, 15) is 30.8 Å². The molecule has 0 radical (unpaired) electrons. The lowest BCUT2D eigenvalue weighted by atomic mass is 10.0. The average molecular weight is 542 g/mol. The summed E-state index contributed by atoms with van der Waals surface area (Å²) < 4.78 is 84.4. The number of nitrogens with zero attached hydrogens (tertiary/aromatic N) is 4. The summed E-state index contributed by atoms with van der Waals surface area (Å²) in [5, 5.41) is 6.78. The van der Waals surface area contributed by atoms with Crippen molar-refractivity contribution in [1.29, 1.82) is 0 Å². The fraction of sp³-hybridized carbons (Fsp3) is 0.417. The largest absolute Gasteiger partial charge is 0.358 e. The first-order chi connectivity index (χ1) is 17.2. The standard InChI is InChI=1S/C24H27F4N5O3S/c1-23(2,3)37(35,36)33(14-29-4)22(34)18-12-30-32-8-7-16(10-20(18)32)31-13-24(27,28)11-21(31)17-9-15(25)5-6-19(17)26/h5-10,12,21,29H,11,13-14H2,1-4H3. The van der Waals surface area contributed by atoms with Crippen LogP contribution in [0.4, 0.5) is 23.2 Å². The van der Waals surface area contributed by atoms with Gasteiger partial charge < -0.3 is 10.2 Å². The molecule has 0 bridgehead atoms. The quantitative estimate of drug-likeness (QED) is 0.376. The molecule has 200 valence electrons. The first-order valence-corrected chi connectivity index (χ1v) is 12.9. The van der Waals surface area contributed by atoms with Gasteiger partial charge >= 0.3 is 0 Å². The monoisotopic (exact) mass is 541 g/mol. The van der Waals surface area contributed by atoms with Crippen LogP contribution in [0.15, 0.2) is 42.7 Å². The number of carbonyl (C=O) groups is 1. The first kappa shape index (κ1) is 26.9. The van der Waals surface area contributed by atoms with E-state index in [0.717, 1.165) is 18.2 Å². The van der Waals surface area contributed by atoms with Gasteiger partial charge in [-0.25, -0.2) is 34.8 Å². The predicted molar refractivity (Wildman–Crippen MR) is 130 cm³/mol. The van der Waals surface area contributed by atoms with Gasteiger partial charge in [-0.3, -0.25) is 4.79 Å². The highest BCUT2D eigenvalue weighted by Crippen LogP contribution is 2.44. The van der Waals surface area contributed by atoms with E-state index in [1.54, 1.807) is 0 Å². The molecule has 1 saturated heterocycles. The van der Waals surface area contributed by atoms with Crippen LogP contribution in [0, 0.1) is 11.6 Å². The van der Waals surface area contributed by atoms with E-state index < -0.39 is 57.2 Å². The normalized spacial score (nSPS) is 17.9. The number of carbonyl (C=O) groups excluding carboxylic acids is 1. The van der Waals surface area contributed by atoms with Gasteiger partial charge in [0.25, 0.3) is 11.8 Å². The molecule has 13 heteroatoms. The number of rotatable bonds is 6. The Balaban J connectivity index is 1.79. The van der Waals surface area contributed by atoms with E-state index in [-0.39, 0.29) is 29.0 Å². The number of fused-ring (bicyclic) bond motifs is 1. The molecule has 0 saturated carbocycles. The van der Waals surface area contributed by atoms with Crippen molar-refractivity contribution in [2.45, 2.75) is 43.9 Å². The first-order valence-electron chi connectivity index (χ1n) is 11.4. The second kappa shape index (κ2) is 9.28. The number of hydrogen-bond acceptors (Lipinski definition) is 6. The summed E-state index contributed by atoms with van der Waals surface area (Å²) in [6, 6.07) is 4.41. The van der Waals surface area contributed by atoms with Gasteiger partial charge in [0, 0.05) is 23.9 Å². The van der Waals surface area contributed by atoms with E-state index in [1.165, 1.54) is 61.8 Å². The third-order valence-corrected chi connectivity index (χ3v) is 8.67. The number of pyridine rings is 1. The van der Waals surface area contributed by atoms with Gasteiger partial charge in [-0.2, -0.15) is 5.10 Å². The minimum atomic E-state index is -4.09. The molecular weight excluding hydrogens is 514 g/mol. The van der Waals surface area contributed by atoms with Crippen molar-refractivity contribution in [3.05, 3.63) is 65.5 Å². The maximum atomic E-state index is 14.5. The summed E-state index contributed by atoms with van der Waals surface area (Å²) in [4.78, 5) is 14.7. The number of nitrogens with one attached hydrogen (secondary N) is 1. The molecule has 1 atom stereocenters. The Morgan fingerprint density at radius 1 is 1.22 bits per heavy atom. The summed E-state index contributed by atoms with van der Waals surface area (Å²) in [6.07, 6.45) is 1.89. The Labute approximate surface area is 211 Å². The molecule has 1 N–H and O–H groups in total. The van der Waals surface area contributed by atoms with Crippen molar-refractivity contribution < 1.29 is 30.8 Å². The molecule has 4 rings (SSSR count). The van der Waals surface area contributed by atoms with E-state index in [2.05, 4.69) is 10.4 Å². The third-order valence-electron chi connectivity index (χ3n) is 6.25. The van der Waals surface area contributed by atoms with Gasteiger partial charge in [0.2, 0.25) is 10.0 Å². The number of anilines is 1. The molecule has 3 heterocycles. The third kappa shape index (κ3) is 4.89. The van der Waals surface area contributed by atoms with Crippen LogP contribution in [0.5, 0.6) is 0 Å². The van der Waals surface area contributed by atoms with Crippen LogP contribution in [0.3, 0.4) is 0 Å². The highest BCUT2D eigenvalue weighted by molar-refractivity contribution is 7.91. The van der Waals surface area contributed by atoms with E-state index in [4.69, 9.17) is 0 Å². The summed E-state index contributed by atoms with van der Waals surface area (Å²) >= 11 is 0. The zero-order valence-corrected chi connectivity index (χ0v) is 21.5. The highest BCUT2D eigenvalue weighted by Gasteiger charge is 2.47. The Hall–Kier alpha value is -3.19. The topological polar surface area (TPSA) is 87.0 Å². The van der Waals surface area contributed by atoms with Crippen LogP contribution < -0.4 is 10.2 Å². The van der Waals surface area contributed by atoms with Crippen LogP contribution in [0.1, 0.15) is 49.2 Å². The van der Waals surface area contributed by atoms with Gasteiger partial charge in [-0.1, -0.05) is 0 Å². The maximum Gasteiger partial charge on any atom is 0.272 e. The van der Waals surface area contributed by atoms with Crippen molar-refractivity contribution in [3.8, 4) is 0 Å². The Bertz CT molecular complexity index is 1450. The van der Waals surface area contributed by atoms with Crippen molar-refractivity contribution >= 4 is 27.1 Å². The van der Waals surface area contributed by atoms with Crippen molar-refractivity contribution in [1.82, 2.24) is 19.2 Å². The highest BCUT2D eigenvalue weighted by atomic mass is 32.2. The number of halogens is 4. The molecule has 1 amide bonds. The lowest BCUT2D eigenvalue weighted by molar-refractivity contribution is 0.0222. The number of benzene rings is 1. The molecule has 1 aromatic carbocycles. The number of sulfonamides is 1. The number of hydrogen-bond donors (Lipinski definition) is 1. The second-order valence-electron chi connectivity index (χ2n) is 9.93. The Morgan fingerprint density at radius 2 is 1.92 bits per heavy atom. The van der Waals surface area contributed by atoms with Crippen LogP contribution in [0.2, 0.25) is 0 Å². The number of aromatic nitrogens is 2. The predicted octanol–water partition coefficient (Wildman–Crippen LogP) is 3.95. The van der Waals surface area contributed by atoms with Crippen molar-refractivity contribution in [3.63, 3.8) is 0 Å². The van der Waals surface area contributed by atoms with E-state index in [0.29, 0.717) is 4.31 Å². The van der Waals surface area contributed by atoms with Crippen LogP contribution in [-0.2, 0) is 10.0 Å². The zero-order valence-electron chi connectivity index (χ0n) is 20.7. The van der Waals surface area contributed by atoms with Crippen molar-refractivity contribution in [2.24, 2.45) is 0 Å². The van der Waals surface area contributed by atoms with E-state index in [1.807, 2.05) is 0 Å². The molecule has 1 fully saturated rings. The molecule has 3 aromatic rings. The van der Waals surface area contributed by atoms with Crippen LogP contribution in [0.25, 0.3) is 5.52 Å². The van der Waals surface area contributed by atoms with Crippen LogP contribution >= 0.6 is 0 Å². The maximum absolute atomic E-state index is 14.5. The number of amides is 1. The minimum Gasteiger partial charge on any atom is -0.358 e. The molecule has 37 heavy (non-hydrogen) atoms. The summed E-state index contributed by atoms with van der Waals surface area (Å²) in [5.74, 6) is -5.60. The average Bonchev–Trinajstić information content (AvgIpc) is 3.37. The molecule has 1 aliphatic heterocycles. The van der Waals surface area contributed by atoms with Gasteiger partial charge in [-0.15, -0.1) is 0 Å². The fourth-order valence-corrected chi connectivity index (χ4v) is 5.60. The van der Waals surface area contributed by atoms with Gasteiger partial charge in [0.15, 0.2) is 0 Å². The summed E-state index contributed by atoms with van der Waals surface area (Å²) in [6.45, 7) is 3.34. The Morgan fingerprint density at radius 3 is 2.57 bits per heavy atom. The smallest absolute Gasteiger partial charge is 0.272 e. The molecule has 1 unspecified atom stereocenters. The second-order valence-corrected chi connectivity index (χ2v) is 12.5. The summed E-state index contributed by atoms with van der Waals surface area (Å²) in [7, 11) is -2.60. The fourth-order valence-electron chi connectivity index (χ4n) is 4.32. The van der Waals surface area contributed by atoms with E-state index >= 15 is 0 Å². The molecule has 8 nitrogen and oxygen atoms in total. The zero-order chi connectivity index (χ0) is 27.3. The Kier molecular flexibility index (Phi) is 6.74. The van der Waals surface area contributed by atoms with Crippen LogP contribution in [-0.4, -0.2) is 59.2 Å². The lowest BCUT2D eigenvalue weighted by Crippen LogP contribution is -2.49. The lowest BCUT2D eigenvalue weighted by Gasteiger charge is -2.29.